The number of halogens is 4. The molecule has 2 atom stereocenters. The fraction of sp³-hybridized carbons (Fsp3) is 0.382. The first-order valence-corrected chi connectivity index (χ1v) is 31.4. The molecule has 6 aromatic rings. The molecule has 0 unspecified atom stereocenters. The van der Waals surface area contributed by atoms with E-state index in [0.29, 0.717) is 85.0 Å². The summed E-state index contributed by atoms with van der Waals surface area (Å²) in [5.41, 5.74) is 0.581. The van der Waals surface area contributed by atoms with E-state index in [1.165, 1.54) is 23.1 Å². The molecular weight excluding hydrogens is 1060 g/mol. The van der Waals surface area contributed by atoms with Crippen molar-refractivity contribution in [3.63, 3.8) is 0 Å². The molecule has 0 spiro atoms. The molecule has 9 rings (SSSR count). The van der Waals surface area contributed by atoms with Crippen LogP contribution in [0.4, 0.5) is 30.2 Å². The lowest BCUT2D eigenvalue weighted by atomic mass is 9.97. The molecular formula is C55H62ClF3N5O7PS3. The smallest absolute Gasteiger partial charge is 0.379 e. The van der Waals surface area contributed by atoms with Crippen LogP contribution in [0.3, 0.4) is 0 Å². The average Bonchev–Trinajstić information content (AvgIpc) is 3.96. The predicted molar refractivity (Wildman–Crippen MR) is 296 cm³/mol. The molecule has 12 nitrogen and oxygen atoms in total. The molecule has 3 aliphatic rings. The molecule has 4 heterocycles. The van der Waals surface area contributed by atoms with Crippen molar-refractivity contribution >= 4 is 72.9 Å². The van der Waals surface area contributed by atoms with Crippen LogP contribution in [0.25, 0.3) is 22.4 Å². The van der Waals surface area contributed by atoms with Crippen molar-refractivity contribution in [3.05, 3.63) is 138 Å². The zero-order valence-corrected chi connectivity index (χ0v) is 46.5. The Morgan fingerprint density at radius 3 is 2.03 bits per heavy atom. The number of alkyl halides is 3. The van der Waals surface area contributed by atoms with E-state index in [1.807, 2.05) is 106 Å². The van der Waals surface area contributed by atoms with E-state index in [-0.39, 0.29) is 42.4 Å². The van der Waals surface area contributed by atoms with E-state index >= 15 is 0 Å². The van der Waals surface area contributed by atoms with Crippen molar-refractivity contribution in [1.29, 1.82) is 0 Å². The Kier molecular flexibility index (Phi) is 16.6. The third-order valence-corrected chi connectivity index (χ3v) is 21.1. The highest BCUT2D eigenvalue weighted by Crippen LogP contribution is 2.56. The summed E-state index contributed by atoms with van der Waals surface area (Å²) in [7, 11) is -13.6. The number of morpholine rings is 1. The van der Waals surface area contributed by atoms with Crippen LogP contribution in [0.1, 0.15) is 37.6 Å². The van der Waals surface area contributed by atoms with Gasteiger partial charge in [0.2, 0.25) is 0 Å². The van der Waals surface area contributed by atoms with E-state index in [9.17, 15) is 34.6 Å². The predicted octanol–water partition coefficient (Wildman–Crippen LogP) is 11.4. The third-order valence-electron chi connectivity index (χ3n) is 14.2. The van der Waals surface area contributed by atoms with E-state index in [2.05, 4.69) is 25.3 Å². The summed E-state index contributed by atoms with van der Waals surface area (Å²) >= 11 is 7.87. The molecule has 0 saturated carbocycles. The maximum absolute atomic E-state index is 15.0. The number of rotatable bonds is 17. The largest absolute Gasteiger partial charge is 0.501 e. The standard InChI is InChI=1S/C55H62ClF3N5O7PS3/c1-39(2)64-40(3)54(74(4,66)67)52(53(64)42-13-16-45(56)17-14-42)44-9-8-10-48(36-44)62-27-25-61(26-28-62)46-18-20-47(21-19-46)63-31-34-71-72(63,65)49-22-15-43(51(37-49)75(68,69)55(57,58)59)35-41(23-24-60-29-32-70-33-30-60)38-73-50-11-6-5-7-12-50/h5-22,36-37,39,41H,23-35,38H2,1-4H3/t41-,72-/m0/s1. The fourth-order valence-electron chi connectivity index (χ4n) is 10.5. The first kappa shape index (κ1) is 55.0. The molecule has 0 aliphatic carbocycles. The lowest BCUT2D eigenvalue weighted by Gasteiger charge is -2.37. The number of piperazine rings is 1. The maximum atomic E-state index is 15.0. The zero-order chi connectivity index (χ0) is 53.3. The second-order valence-corrected chi connectivity index (χ2v) is 27.3. The van der Waals surface area contributed by atoms with Gasteiger partial charge in [0, 0.05) is 95.6 Å². The van der Waals surface area contributed by atoms with Gasteiger partial charge in [-0.15, -0.1) is 11.8 Å². The number of benzene rings is 5. The van der Waals surface area contributed by atoms with Crippen LogP contribution in [0, 0.1) is 12.8 Å². The van der Waals surface area contributed by atoms with Crippen molar-refractivity contribution in [2.75, 3.05) is 98.7 Å². The minimum absolute atomic E-state index is 0.0204. The van der Waals surface area contributed by atoms with E-state index in [4.69, 9.17) is 20.9 Å². The minimum Gasteiger partial charge on any atom is -0.379 e. The van der Waals surface area contributed by atoms with Crippen LogP contribution in [0.5, 0.6) is 0 Å². The van der Waals surface area contributed by atoms with Crippen molar-refractivity contribution in [1.82, 2.24) is 9.47 Å². The molecule has 5 aromatic carbocycles. The third kappa shape index (κ3) is 11.9. The average molecular weight is 1120 g/mol. The highest BCUT2D eigenvalue weighted by molar-refractivity contribution is 7.99. The summed E-state index contributed by atoms with van der Waals surface area (Å²) in [5.74, 6) is 0.368. The SMILES string of the molecule is Cc1c(S(C)(=O)=O)c(-c2cccc(N3CCN(c4ccc(N5CCO[P@@]5(=O)c5ccc(C[C@H](CCN6CCOCC6)CSc6ccccc6)c(S(=O)(=O)C(F)(F)F)c5)cc4)CC3)c2)c(-c2ccc(Cl)cc2)n1C(C)C. The van der Waals surface area contributed by atoms with Crippen molar-refractivity contribution in [3.8, 4) is 22.4 Å². The van der Waals surface area contributed by atoms with Crippen LogP contribution >= 0.6 is 30.9 Å². The number of hydrogen-bond acceptors (Lipinski definition) is 11. The first-order valence-electron chi connectivity index (χ1n) is 25.1. The van der Waals surface area contributed by atoms with Gasteiger partial charge in [0.05, 0.1) is 47.2 Å². The van der Waals surface area contributed by atoms with Gasteiger partial charge in [0.15, 0.2) is 9.84 Å². The highest BCUT2D eigenvalue weighted by atomic mass is 35.5. The molecule has 0 radical (unpaired) electrons. The lowest BCUT2D eigenvalue weighted by Crippen LogP contribution is -2.46. The van der Waals surface area contributed by atoms with Gasteiger partial charge < -0.3 is 23.6 Å². The second-order valence-electron chi connectivity index (χ2n) is 19.6. The minimum atomic E-state index is -5.86. The summed E-state index contributed by atoms with van der Waals surface area (Å²) < 4.78 is 128. The number of aromatic nitrogens is 1. The van der Waals surface area contributed by atoms with Crippen LogP contribution in [-0.2, 0) is 39.9 Å². The van der Waals surface area contributed by atoms with E-state index in [1.54, 1.807) is 23.9 Å². The number of thioether (sulfide) groups is 1. The van der Waals surface area contributed by atoms with Gasteiger partial charge in [-0.1, -0.05) is 60.1 Å². The molecule has 0 bridgehead atoms. The molecule has 3 fully saturated rings. The van der Waals surface area contributed by atoms with Crippen LogP contribution < -0.4 is 19.8 Å². The van der Waals surface area contributed by atoms with Crippen LogP contribution in [0.2, 0.25) is 5.02 Å². The fourth-order valence-corrected chi connectivity index (χ4v) is 16.3. The quantitative estimate of drug-likeness (QED) is 0.0638. The molecule has 400 valence electrons. The molecule has 20 heteroatoms. The normalized spacial score (nSPS) is 18.5. The van der Waals surface area contributed by atoms with Crippen molar-refractivity contribution < 1.29 is 43.8 Å². The Morgan fingerprint density at radius 2 is 1.39 bits per heavy atom. The summed E-state index contributed by atoms with van der Waals surface area (Å²) in [5, 5.41) is 0.458. The van der Waals surface area contributed by atoms with Gasteiger partial charge >= 0.3 is 13.0 Å². The van der Waals surface area contributed by atoms with Gasteiger partial charge in [0.1, 0.15) is 0 Å². The molecule has 75 heavy (non-hydrogen) atoms. The van der Waals surface area contributed by atoms with Gasteiger partial charge in [-0.2, -0.15) is 13.2 Å². The van der Waals surface area contributed by atoms with Gasteiger partial charge in [0.25, 0.3) is 9.84 Å². The highest BCUT2D eigenvalue weighted by Gasteiger charge is 2.49. The van der Waals surface area contributed by atoms with Gasteiger partial charge in [-0.05, 0) is 136 Å². The Hall–Kier alpha value is -4.78. The van der Waals surface area contributed by atoms with Crippen LogP contribution in [-0.4, -0.2) is 116 Å². The monoisotopic (exact) mass is 1120 g/mol. The molecule has 3 saturated heterocycles. The number of anilines is 3. The Balaban J connectivity index is 0.930. The van der Waals surface area contributed by atoms with Gasteiger partial charge in [-0.3, -0.25) is 14.1 Å². The summed E-state index contributed by atoms with van der Waals surface area (Å²) in [6, 6.07) is 36.3. The molecule has 3 aliphatic heterocycles. The summed E-state index contributed by atoms with van der Waals surface area (Å²) in [4.78, 5) is 7.15. The number of sulfone groups is 2. The van der Waals surface area contributed by atoms with E-state index < -0.39 is 37.6 Å². The van der Waals surface area contributed by atoms with Crippen molar-refractivity contribution in [2.45, 2.75) is 59.8 Å². The van der Waals surface area contributed by atoms with E-state index in [0.717, 1.165) is 52.2 Å². The van der Waals surface area contributed by atoms with Gasteiger partial charge in [-0.25, -0.2) is 16.8 Å². The van der Waals surface area contributed by atoms with Crippen LogP contribution in [0.15, 0.2) is 136 Å². The Morgan fingerprint density at radius 1 is 0.733 bits per heavy atom. The number of hydrogen-bond donors (Lipinski definition) is 0. The number of ether oxygens (including phenoxy) is 1. The first-order chi connectivity index (χ1) is 35.7. The molecule has 0 N–H and O–H groups in total. The molecule has 1 aromatic heterocycles. The Labute approximate surface area is 448 Å². The maximum Gasteiger partial charge on any atom is 0.501 e. The zero-order valence-electron chi connectivity index (χ0n) is 42.4. The summed E-state index contributed by atoms with van der Waals surface area (Å²) in [6.07, 6.45) is 1.95. The Bertz CT molecular complexity index is 3260. The summed E-state index contributed by atoms with van der Waals surface area (Å²) in [6.45, 7) is 12.1. The second kappa shape index (κ2) is 22.7. The number of nitrogens with zero attached hydrogens (tertiary/aromatic N) is 5. The topological polar surface area (TPSA) is 122 Å². The lowest BCUT2D eigenvalue weighted by molar-refractivity contribution is -0.0436. The molecule has 0 amide bonds. The van der Waals surface area contributed by atoms with Crippen molar-refractivity contribution in [2.24, 2.45) is 5.92 Å².